The smallest absolute Gasteiger partial charge is 0.227 e. The minimum absolute atomic E-state index is 0.0287. The molecule has 0 radical (unpaired) electrons. The number of hydrogen-bond acceptors (Lipinski definition) is 3. The number of rotatable bonds is 8. The molecule has 1 aliphatic carbocycles. The summed E-state index contributed by atoms with van der Waals surface area (Å²) in [6, 6.07) is 17.7. The molecule has 2 atom stereocenters. The van der Waals surface area contributed by atoms with Crippen molar-refractivity contribution in [2.45, 2.75) is 71.3 Å². The molecule has 5 rings (SSSR count). The highest BCUT2D eigenvalue weighted by molar-refractivity contribution is 5.95. The maximum absolute atomic E-state index is 13.0. The van der Waals surface area contributed by atoms with Crippen LogP contribution < -0.4 is 10.6 Å². The fraction of sp³-hybridized carbons (Fsp3) is 0.452. The fourth-order valence-electron chi connectivity index (χ4n) is 6.56. The van der Waals surface area contributed by atoms with Crippen LogP contribution in [0.4, 0.5) is 5.82 Å². The molecule has 1 aromatic heterocycles. The van der Waals surface area contributed by atoms with Crippen molar-refractivity contribution in [2.75, 3.05) is 18.5 Å². The van der Waals surface area contributed by atoms with Gasteiger partial charge in [0, 0.05) is 35.7 Å². The van der Waals surface area contributed by atoms with Gasteiger partial charge in [-0.2, -0.15) is 0 Å². The number of aromatic nitrogens is 1. The molecule has 1 aliphatic heterocycles. The van der Waals surface area contributed by atoms with E-state index in [0.29, 0.717) is 18.5 Å². The number of para-hydroxylation sites is 1. The van der Waals surface area contributed by atoms with Crippen LogP contribution in [0.25, 0.3) is 16.6 Å². The van der Waals surface area contributed by atoms with Gasteiger partial charge >= 0.3 is 0 Å². The molecule has 2 aliphatic rings. The predicted octanol–water partition coefficient (Wildman–Crippen LogP) is 6.07. The van der Waals surface area contributed by atoms with Gasteiger partial charge in [-0.3, -0.25) is 4.79 Å². The van der Waals surface area contributed by atoms with Gasteiger partial charge < -0.3 is 20.3 Å². The second-order valence-electron chi connectivity index (χ2n) is 10.5. The van der Waals surface area contributed by atoms with E-state index in [-0.39, 0.29) is 18.4 Å². The lowest BCUT2D eigenvalue weighted by atomic mass is 9.83. The van der Waals surface area contributed by atoms with Crippen LogP contribution in [-0.4, -0.2) is 34.8 Å². The number of benzene rings is 2. The molecule has 1 saturated carbocycles. The predicted molar refractivity (Wildman–Crippen MR) is 148 cm³/mol. The summed E-state index contributed by atoms with van der Waals surface area (Å²) in [5.41, 5.74) is 7.71. The quantitative estimate of drug-likeness (QED) is 0.363. The molecule has 2 aromatic carbocycles. The zero-order chi connectivity index (χ0) is 25.2. The summed E-state index contributed by atoms with van der Waals surface area (Å²) in [5, 5.41) is 17.2. The van der Waals surface area contributed by atoms with Gasteiger partial charge in [0.05, 0.1) is 18.0 Å². The normalized spacial score (nSPS) is 18.8. The lowest BCUT2D eigenvalue weighted by molar-refractivity contribution is -0.123. The molecule has 190 valence electrons. The summed E-state index contributed by atoms with van der Waals surface area (Å²) in [7, 11) is 0. The number of fused-ring (bicyclic) bond motifs is 3. The molecule has 0 spiro atoms. The average molecular weight is 486 g/mol. The van der Waals surface area contributed by atoms with E-state index in [4.69, 9.17) is 0 Å². The SMILES string of the molecule is CCC1=C(C)n2c(c(Cc3ccc(C(C(=O)NCCO)C4CCCC4)cc3)c3ccccc32)NC1C. The molecule has 3 aromatic rings. The number of carbonyl (C=O) groups excluding carboxylic acids is 1. The van der Waals surface area contributed by atoms with E-state index in [1.54, 1.807) is 0 Å². The van der Waals surface area contributed by atoms with Crippen molar-refractivity contribution in [1.82, 2.24) is 9.88 Å². The summed E-state index contributed by atoms with van der Waals surface area (Å²) < 4.78 is 2.40. The lowest BCUT2D eigenvalue weighted by Crippen LogP contribution is -2.34. The zero-order valence-electron chi connectivity index (χ0n) is 21.8. The first-order valence-electron chi connectivity index (χ1n) is 13.6. The van der Waals surface area contributed by atoms with Crippen molar-refractivity contribution in [2.24, 2.45) is 5.92 Å². The van der Waals surface area contributed by atoms with Crippen molar-refractivity contribution in [3.05, 3.63) is 70.8 Å². The van der Waals surface area contributed by atoms with Crippen LogP contribution in [-0.2, 0) is 11.2 Å². The van der Waals surface area contributed by atoms with Crippen LogP contribution in [0.15, 0.2) is 54.1 Å². The van der Waals surface area contributed by atoms with Crippen LogP contribution in [0.2, 0.25) is 0 Å². The van der Waals surface area contributed by atoms with Crippen LogP contribution >= 0.6 is 0 Å². The Labute approximate surface area is 214 Å². The molecule has 5 nitrogen and oxygen atoms in total. The van der Waals surface area contributed by atoms with Gasteiger partial charge in [-0.05, 0) is 61.8 Å². The minimum atomic E-state index is -0.140. The third-order valence-electron chi connectivity index (χ3n) is 8.32. The summed E-state index contributed by atoms with van der Waals surface area (Å²) >= 11 is 0. The number of aliphatic hydroxyl groups is 1. The number of amides is 1. The van der Waals surface area contributed by atoms with E-state index in [0.717, 1.165) is 31.2 Å². The van der Waals surface area contributed by atoms with Crippen LogP contribution in [0, 0.1) is 5.92 Å². The maximum atomic E-state index is 13.0. The van der Waals surface area contributed by atoms with Crippen LogP contribution in [0.1, 0.15) is 75.5 Å². The number of nitrogens with one attached hydrogen (secondary N) is 2. The molecule has 0 bridgehead atoms. The highest BCUT2D eigenvalue weighted by atomic mass is 16.3. The molecule has 36 heavy (non-hydrogen) atoms. The van der Waals surface area contributed by atoms with Gasteiger partial charge in [-0.1, -0.05) is 62.2 Å². The molecule has 2 heterocycles. The number of allylic oxidation sites excluding steroid dienone is 1. The van der Waals surface area contributed by atoms with Gasteiger partial charge in [-0.15, -0.1) is 0 Å². The van der Waals surface area contributed by atoms with E-state index in [1.165, 1.54) is 52.0 Å². The molecule has 2 unspecified atom stereocenters. The fourth-order valence-corrected chi connectivity index (χ4v) is 6.56. The van der Waals surface area contributed by atoms with Crippen molar-refractivity contribution in [3.8, 4) is 0 Å². The number of nitrogens with zero attached hydrogens (tertiary/aromatic N) is 1. The Balaban J connectivity index is 1.47. The molecule has 0 saturated heterocycles. The first-order chi connectivity index (χ1) is 17.5. The average Bonchev–Trinajstić information content (AvgIpc) is 3.51. The van der Waals surface area contributed by atoms with E-state index in [1.807, 2.05) is 0 Å². The summed E-state index contributed by atoms with van der Waals surface area (Å²) in [5.74, 6) is 1.49. The van der Waals surface area contributed by atoms with Crippen LogP contribution in [0.5, 0.6) is 0 Å². The Bertz CT molecular complexity index is 1260. The molecule has 1 fully saturated rings. The Morgan fingerprint density at radius 2 is 1.86 bits per heavy atom. The first-order valence-corrected chi connectivity index (χ1v) is 13.6. The van der Waals surface area contributed by atoms with E-state index >= 15 is 0 Å². The first kappa shape index (κ1) is 24.6. The third kappa shape index (κ3) is 4.45. The second-order valence-corrected chi connectivity index (χ2v) is 10.5. The Morgan fingerprint density at radius 1 is 1.14 bits per heavy atom. The van der Waals surface area contributed by atoms with E-state index < -0.39 is 0 Å². The number of anilines is 1. The largest absolute Gasteiger partial charge is 0.395 e. The summed E-state index contributed by atoms with van der Waals surface area (Å²) in [6.07, 6.45) is 6.45. The highest BCUT2D eigenvalue weighted by Crippen LogP contribution is 2.41. The molecular weight excluding hydrogens is 446 g/mol. The van der Waals surface area contributed by atoms with Gasteiger partial charge in [-0.25, -0.2) is 0 Å². The molecule has 1 amide bonds. The topological polar surface area (TPSA) is 66.3 Å². The van der Waals surface area contributed by atoms with Gasteiger partial charge in [0.15, 0.2) is 0 Å². The third-order valence-corrected chi connectivity index (χ3v) is 8.32. The van der Waals surface area contributed by atoms with Gasteiger partial charge in [0.25, 0.3) is 0 Å². The van der Waals surface area contributed by atoms with Crippen LogP contribution in [0.3, 0.4) is 0 Å². The Kier molecular flexibility index (Phi) is 7.20. The number of aliphatic hydroxyl groups excluding tert-OH is 1. The number of hydrogen-bond donors (Lipinski definition) is 3. The standard InChI is InChI=1S/C31H39N3O2/c1-4-25-20(2)33-30-27(26-11-7-8-12-28(26)34(30)21(25)3)19-22-13-15-24(16-14-22)29(23-9-5-6-10-23)31(36)32-17-18-35/h7-8,11-16,20,23,29,33,35H,4-6,9-10,17-19H2,1-3H3,(H,32,36). The van der Waals surface area contributed by atoms with Crippen molar-refractivity contribution in [3.63, 3.8) is 0 Å². The van der Waals surface area contributed by atoms with Crippen molar-refractivity contribution < 1.29 is 9.90 Å². The molecule has 3 N–H and O–H groups in total. The van der Waals surface area contributed by atoms with Gasteiger partial charge in [0.2, 0.25) is 5.91 Å². The van der Waals surface area contributed by atoms with E-state index in [2.05, 4.69) is 84.5 Å². The van der Waals surface area contributed by atoms with Crippen molar-refractivity contribution >= 4 is 28.3 Å². The zero-order valence-corrected chi connectivity index (χ0v) is 21.8. The maximum Gasteiger partial charge on any atom is 0.227 e. The number of carbonyl (C=O) groups is 1. The Hall–Kier alpha value is -3.05. The Morgan fingerprint density at radius 3 is 2.56 bits per heavy atom. The second kappa shape index (κ2) is 10.5. The summed E-state index contributed by atoms with van der Waals surface area (Å²) in [4.78, 5) is 13.0. The minimum Gasteiger partial charge on any atom is -0.395 e. The monoisotopic (exact) mass is 485 g/mol. The summed E-state index contributed by atoms with van der Waals surface area (Å²) in [6.45, 7) is 7.02. The van der Waals surface area contributed by atoms with Gasteiger partial charge in [0.1, 0.15) is 5.82 Å². The lowest BCUT2D eigenvalue weighted by Gasteiger charge is -2.29. The molecule has 5 heteroatoms. The molecular formula is C31H39N3O2. The van der Waals surface area contributed by atoms with E-state index in [9.17, 15) is 9.90 Å². The van der Waals surface area contributed by atoms with Crippen molar-refractivity contribution in [1.29, 1.82) is 0 Å². The highest BCUT2D eigenvalue weighted by Gasteiger charge is 2.32.